The summed E-state index contributed by atoms with van der Waals surface area (Å²) in [7, 11) is 0.281. The number of benzene rings is 2. The maximum absolute atomic E-state index is 13.2. The lowest BCUT2D eigenvalue weighted by Gasteiger charge is -2.24. The standard InChI is InChI=1S/C26H34N2O6S.C7H17NO.C7H14O/c1-18-7-4-5-9-21(18)23-15-19(16-28-13-6-8-20(28)17-34-2)10-11-22(23)25(29)27-24(26(30)31)12-14-35(3,32)33;1-4-5-9-7(2)6-8-3;8-6-7-4-2-1-3-5-7/h4-5,7,9-11,15,20,24H,6,8,12-14,16-17H2,1-3H3,(H,27,29)(H,30,31);7-8H,4-6H2,1-3H3;7-8H,1-6H2/t20-,24?;;/m0../s1. The number of hydrogen-bond acceptors (Lipinski definition) is 9. The molecule has 1 saturated heterocycles. The normalized spacial score (nSPS) is 17.6. The van der Waals surface area contributed by atoms with Gasteiger partial charge in [-0.2, -0.15) is 0 Å². The summed E-state index contributed by atoms with van der Waals surface area (Å²) in [4.78, 5) is 27.3. The summed E-state index contributed by atoms with van der Waals surface area (Å²) in [5.41, 5.74) is 3.99. The fourth-order valence-electron chi connectivity index (χ4n) is 6.57. The average Bonchev–Trinajstić information content (AvgIpc) is 3.56. The highest BCUT2D eigenvalue weighted by Crippen LogP contribution is 2.30. The molecule has 2 aromatic carbocycles. The van der Waals surface area contributed by atoms with Gasteiger partial charge in [0.2, 0.25) is 0 Å². The topological polar surface area (TPSA) is 154 Å². The minimum Gasteiger partial charge on any atom is -0.480 e. The van der Waals surface area contributed by atoms with Gasteiger partial charge in [-0.25, -0.2) is 13.2 Å². The summed E-state index contributed by atoms with van der Waals surface area (Å²) in [5.74, 6) is -1.50. The van der Waals surface area contributed by atoms with E-state index in [-0.39, 0.29) is 12.2 Å². The van der Waals surface area contributed by atoms with Crippen molar-refractivity contribution in [2.75, 3.05) is 59.1 Å². The second kappa shape index (κ2) is 24.4. The molecule has 11 nitrogen and oxygen atoms in total. The second-order valence-electron chi connectivity index (χ2n) is 14.1. The van der Waals surface area contributed by atoms with Crippen LogP contribution in [0.2, 0.25) is 0 Å². The molecule has 0 aromatic heterocycles. The molecular formula is C40H65N3O8S. The largest absolute Gasteiger partial charge is 0.480 e. The number of methoxy groups -OCH3 is 1. The molecular weight excluding hydrogens is 683 g/mol. The first kappa shape index (κ1) is 45.3. The number of carboxylic acid groups (broad SMARTS) is 1. The van der Waals surface area contributed by atoms with E-state index < -0.39 is 27.8 Å². The van der Waals surface area contributed by atoms with Crippen molar-refractivity contribution in [1.29, 1.82) is 0 Å². The van der Waals surface area contributed by atoms with Crippen molar-refractivity contribution >= 4 is 21.7 Å². The summed E-state index contributed by atoms with van der Waals surface area (Å²) in [6, 6.07) is 12.4. The third-order valence-corrected chi connectivity index (χ3v) is 10.4. The molecule has 3 atom stereocenters. The van der Waals surface area contributed by atoms with Gasteiger partial charge in [-0.1, -0.05) is 56.5 Å². The SMILES string of the molecule is CCCOC(C)CNC.COC[C@@H]1CCCN1Cc1ccc(C(=O)NC(CCS(C)(=O)=O)C(=O)O)c(-c2ccccc2C)c1.OCC1CCCCC1. The molecule has 294 valence electrons. The highest BCUT2D eigenvalue weighted by Gasteiger charge is 2.27. The number of nitrogens with zero attached hydrogens (tertiary/aromatic N) is 1. The molecule has 0 spiro atoms. The van der Waals surface area contributed by atoms with Crippen LogP contribution in [-0.2, 0) is 30.7 Å². The predicted molar refractivity (Wildman–Crippen MR) is 208 cm³/mol. The van der Waals surface area contributed by atoms with Crippen LogP contribution in [0.4, 0.5) is 0 Å². The lowest BCUT2D eigenvalue weighted by molar-refractivity contribution is -0.139. The van der Waals surface area contributed by atoms with Crippen molar-refractivity contribution in [2.24, 2.45) is 5.92 Å². The lowest BCUT2D eigenvalue weighted by Crippen LogP contribution is -2.42. The van der Waals surface area contributed by atoms with Crippen molar-refractivity contribution in [3.63, 3.8) is 0 Å². The number of aliphatic hydroxyl groups is 1. The van der Waals surface area contributed by atoms with Crippen molar-refractivity contribution in [1.82, 2.24) is 15.5 Å². The Hall–Kier alpha value is -2.87. The molecule has 2 unspecified atom stereocenters. The summed E-state index contributed by atoms with van der Waals surface area (Å²) >= 11 is 0. The molecule has 1 heterocycles. The van der Waals surface area contributed by atoms with Crippen molar-refractivity contribution in [3.05, 3.63) is 59.2 Å². The van der Waals surface area contributed by atoms with E-state index in [9.17, 15) is 23.1 Å². The van der Waals surface area contributed by atoms with Gasteiger partial charge < -0.3 is 30.3 Å². The van der Waals surface area contributed by atoms with E-state index in [1.807, 2.05) is 50.4 Å². The van der Waals surface area contributed by atoms with Crippen LogP contribution in [0.3, 0.4) is 0 Å². The quantitative estimate of drug-likeness (QED) is 0.164. The highest BCUT2D eigenvalue weighted by atomic mass is 32.2. The molecule has 1 saturated carbocycles. The molecule has 12 heteroatoms. The van der Waals surface area contributed by atoms with Crippen molar-refractivity contribution in [3.8, 4) is 11.1 Å². The number of hydrogen-bond donors (Lipinski definition) is 4. The zero-order chi connectivity index (χ0) is 38.5. The molecule has 0 radical (unpaired) electrons. The predicted octanol–water partition coefficient (Wildman–Crippen LogP) is 5.47. The minimum atomic E-state index is -3.36. The number of aliphatic carboxylic acids is 1. The molecule has 2 fully saturated rings. The minimum absolute atomic E-state index is 0.201. The monoisotopic (exact) mass is 747 g/mol. The van der Waals surface area contributed by atoms with Crippen LogP contribution in [-0.4, -0.2) is 113 Å². The Bertz CT molecular complexity index is 1450. The Kier molecular flexibility index (Phi) is 21.3. The van der Waals surface area contributed by atoms with Crippen LogP contribution in [0, 0.1) is 12.8 Å². The highest BCUT2D eigenvalue weighted by molar-refractivity contribution is 7.90. The summed E-state index contributed by atoms with van der Waals surface area (Å²) in [6.45, 7) is 10.8. The number of sulfone groups is 1. The number of rotatable bonds is 17. The number of carboxylic acids is 1. The van der Waals surface area contributed by atoms with Gasteiger partial charge in [-0.3, -0.25) is 9.69 Å². The van der Waals surface area contributed by atoms with Crippen LogP contribution in [0.5, 0.6) is 0 Å². The Morgan fingerprint density at radius 3 is 2.33 bits per heavy atom. The number of nitrogens with one attached hydrogen (secondary N) is 2. The van der Waals surface area contributed by atoms with Crippen LogP contribution in [0.15, 0.2) is 42.5 Å². The number of carbonyl (C=O) groups excluding carboxylic acids is 1. The van der Waals surface area contributed by atoms with E-state index in [2.05, 4.69) is 29.4 Å². The van der Waals surface area contributed by atoms with Gasteiger partial charge in [0.15, 0.2) is 0 Å². The van der Waals surface area contributed by atoms with E-state index >= 15 is 0 Å². The number of amides is 1. The van der Waals surface area contributed by atoms with Crippen LogP contribution >= 0.6 is 0 Å². The maximum Gasteiger partial charge on any atom is 0.326 e. The van der Waals surface area contributed by atoms with Crippen molar-refractivity contribution in [2.45, 2.75) is 103 Å². The number of ether oxygens (including phenoxy) is 2. The Balaban J connectivity index is 0.000000449. The van der Waals surface area contributed by atoms with Gasteiger partial charge in [0.25, 0.3) is 5.91 Å². The third kappa shape index (κ3) is 16.9. The van der Waals surface area contributed by atoms with E-state index in [1.165, 1.54) is 32.1 Å². The van der Waals surface area contributed by atoms with Crippen LogP contribution < -0.4 is 10.6 Å². The van der Waals surface area contributed by atoms with Crippen molar-refractivity contribution < 1.29 is 37.7 Å². The van der Waals surface area contributed by atoms with Crippen LogP contribution in [0.1, 0.15) is 93.1 Å². The van der Waals surface area contributed by atoms with E-state index in [1.54, 1.807) is 13.2 Å². The number of likely N-dealkylation sites (tertiary alicyclic amines) is 1. The number of carbonyl (C=O) groups is 2. The fraction of sp³-hybridized carbons (Fsp3) is 0.650. The van der Waals surface area contributed by atoms with Gasteiger partial charge in [0, 0.05) is 51.3 Å². The molecule has 2 aromatic rings. The van der Waals surface area contributed by atoms with Gasteiger partial charge in [-0.05, 0) is 106 Å². The Labute approximate surface area is 312 Å². The first-order valence-electron chi connectivity index (χ1n) is 18.8. The van der Waals surface area contributed by atoms with E-state index in [0.717, 1.165) is 68.4 Å². The van der Waals surface area contributed by atoms with Gasteiger partial charge in [0.05, 0.1) is 18.5 Å². The zero-order valence-electron chi connectivity index (χ0n) is 32.4. The van der Waals surface area contributed by atoms with E-state index in [0.29, 0.717) is 42.4 Å². The van der Waals surface area contributed by atoms with Gasteiger partial charge in [-0.15, -0.1) is 0 Å². The smallest absolute Gasteiger partial charge is 0.326 e. The zero-order valence-corrected chi connectivity index (χ0v) is 33.2. The molecule has 52 heavy (non-hydrogen) atoms. The summed E-state index contributed by atoms with van der Waals surface area (Å²) in [6.07, 6.45) is 11.1. The molecule has 1 aliphatic heterocycles. The Morgan fingerprint density at radius 2 is 1.75 bits per heavy atom. The molecule has 1 aliphatic carbocycles. The first-order chi connectivity index (χ1) is 24.8. The second-order valence-corrected chi connectivity index (χ2v) is 16.4. The van der Waals surface area contributed by atoms with Crippen LogP contribution in [0.25, 0.3) is 11.1 Å². The first-order valence-corrected chi connectivity index (χ1v) is 20.9. The van der Waals surface area contributed by atoms with Gasteiger partial charge >= 0.3 is 5.97 Å². The fourth-order valence-corrected chi connectivity index (χ4v) is 7.23. The van der Waals surface area contributed by atoms with Gasteiger partial charge in [0.1, 0.15) is 15.9 Å². The molecule has 2 aliphatic rings. The lowest BCUT2D eigenvalue weighted by atomic mass is 9.90. The summed E-state index contributed by atoms with van der Waals surface area (Å²) in [5, 5.41) is 23.8. The molecule has 0 bridgehead atoms. The molecule has 1 amide bonds. The number of likely N-dealkylation sites (N-methyl/N-ethyl adjacent to an activating group) is 1. The third-order valence-electron chi connectivity index (χ3n) is 9.47. The molecule has 4 N–H and O–H groups in total. The average molecular weight is 748 g/mol. The summed E-state index contributed by atoms with van der Waals surface area (Å²) < 4.78 is 33.8. The molecule has 4 rings (SSSR count). The number of aliphatic hydroxyl groups excluding tert-OH is 1. The van der Waals surface area contributed by atoms with E-state index in [4.69, 9.17) is 14.6 Å². The maximum atomic E-state index is 13.2. The Morgan fingerprint density at radius 1 is 1.04 bits per heavy atom. The number of aryl methyl sites for hydroxylation is 1.